The molecule has 2 aromatic carbocycles. The molecule has 7 nitrogen and oxygen atoms in total. The van der Waals surface area contributed by atoms with E-state index in [2.05, 4.69) is 9.84 Å². The molecule has 1 atom stereocenters. The summed E-state index contributed by atoms with van der Waals surface area (Å²) >= 11 is 0. The van der Waals surface area contributed by atoms with Gasteiger partial charge in [0.1, 0.15) is 5.82 Å². The van der Waals surface area contributed by atoms with Gasteiger partial charge in [-0.05, 0) is 60.9 Å². The molecular weight excluding hydrogens is 403 g/mol. The van der Waals surface area contributed by atoms with Crippen molar-refractivity contribution in [3.8, 4) is 0 Å². The molecule has 0 radical (unpaired) electrons. The third-order valence-corrected chi connectivity index (χ3v) is 4.94. The van der Waals surface area contributed by atoms with Gasteiger partial charge in [0.2, 0.25) is 0 Å². The highest BCUT2D eigenvalue weighted by atomic mass is 19.1. The van der Waals surface area contributed by atoms with Crippen LogP contribution in [0.5, 0.6) is 0 Å². The summed E-state index contributed by atoms with van der Waals surface area (Å²) < 4.78 is 17.9. The average molecular weight is 424 g/mol. The van der Waals surface area contributed by atoms with Gasteiger partial charge in [0, 0.05) is 5.57 Å². The van der Waals surface area contributed by atoms with E-state index >= 15 is 0 Å². The topological polar surface area (TPSA) is 96.3 Å². The van der Waals surface area contributed by atoms with Crippen molar-refractivity contribution in [3.63, 3.8) is 0 Å². The van der Waals surface area contributed by atoms with Crippen LogP contribution in [0.3, 0.4) is 0 Å². The number of amides is 1. The number of carbonyl (C=O) groups excluding carboxylic acids is 2. The highest BCUT2D eigenvalue weighted by Gasteiger charge is 2.37. The fourth-order valence-electron chi connectivity index (χ4n) is 3.29. The molecule has 1 N–H and O–H groups in total. The van der Waals surface area contributed by atoms with Crippen LogP contribution in [0.1, 0.15) is 35.7 Å². The molecule has 0 aliphatic carbocycles. The lowest BCUT2D eigenvalue weighted by molar-refractivity contribution is -0.132. The molecule has 0 fully saturated rings. The first kappa shape index (κ1) is 21.9. The van der Waals surface area contributed by atoms with Crippen LogP contribution in [0.25, 0.3) is 6.08 Å². The highest BCUT2D eigenvalue weighted by Crippen LogP contribution is 2.29. The number of esters is 1. The first-order chi connectivity index (χ1) is 14.8. The molecule has 1 amide bonds. The van der Waals surface area contributed by atoms with E-state index in [0.29, 0.717) is 28.9 Å². The van der Waals surface area contributed by atoms with E-state index in [-0.39, 0.29) is 17.9 Å². The number of anilines is 1. The first-order valence-corrected chi connectivity index (χ1v) is 9.63. The summed E-state index contributed by atoms with van der Waals surface area (Å²) in [5, 5.41) is 15.2. The molecule has 8 heteroatoms. The standard InChI is InChI=1S/C23H21FN2O5/c1-3-20-19(21(27)26(25-20)18-10-8-17(24)9-11-18)13-16(22(28)29)12-14-4-6-15(7-5-14)23(30)31-2/h4-12,19H,3,13H2,1-2H3,(H,28,29)/b16-12-. The molecule has 2 aromatic rings. The quantitative estimate of drug-likeness (QED) is 0.537. The average Bonchev–Trinajstić information content (AvgIpc) is 3.09. The van der Waals surface area contributed by atoms with Crippen molar-refractivity contribution in [2.45, 2.75) is 19.8 Å². The van der Waals surface area contributed by atoms with Crippen LogP contribution in [0.15, 0.2) is 59.2 Å². The number of ether oxygens (including phenoxy) is 1. The first-order valence-electron chi connectivity index (χ1n) is 9.63. The Hall–Kier alpha value is -3.81. The van der Waals surface area contributed by atoms with E-state index in [9.17, 15) is 23.9 Å². The normalized spacial score (nSPS) is 16.3. The molecule has 1 aliphatic rings. The zero-order valence-electron chi connectivity index (χ0n) is 17.0. The summed E-state index contributed by atoms with van der Waals surface area (Å²) in [5.74, 6) is -3.17. The highest BCUT2D eigenvalue weighted by molar-refractivity contribution is 6.16. The van der Waals surface area contributed by atoms with Gasteiger partial charge in [-0.1, -0.05) is 19.1 Å². The number of hydrazone groups is 1. The van der Waals surface area contributed by atoms with Crippen LogP contribution >= 0.6 is 0 Å². The number of nitrogens with zero attached hydrogens (tertiary/aromatic N) is 2. The number of benzene rings is 2. The van der Waals surface area contributed by atoms with Crippen molar-refractivity contribution in [1.29, 1.82) is 0 Å². The Morgan fingerprint density at radius 2 is 1.81 bits per heavy atom. The number of carboxylic acids is 1. The molecule has 160 valence electrons. The Kier molecular flexibility index (Phi) is 6.59. The van der Waals surface area contributed by atoms with Crippen LogP contribution in [0.2, 0.25) is 0 Å². The second-order valence-corrected chi connectivity index (χ2v) is 6.92. The van der Waals surface area contributed by atoms with Crippen molar-refractivity contribution in [1.82, 2.24) is 0 Å². The van der Waals surface area contributed by atoms with Crippen molar-refractivity contribution in [2.75, 3.05) is 12.1 Å². The largest absolute Gasteiger partial charge is 0.478 e. The maximum Gasteiger partial charge on any atom is 0.337 e. The summed E-state index contributed by atoms with van der Waals surface area (Å²) in [6.07, 6.45) is 1.89. The van der Waals surface area contributed by atoms with Gasteiger partial charge in [0.25, 0.3) is 5.91 Å². The summed E-state index contributed by atoms with van der Waals surface area (Å²) in [6.45, 7) is 1.84. The number of rotatable bonds is 7. The summed E-state index contributed by atoms with van der Waals surface area (Å²) in [4.78, 5) is 36.4. The fraction of sp³-hybridized carbons (Fsp3) is 0.217. The molecule has 0 spiro atoms. The second kappa shape index (κ2) is 9.34. The SMILES string of the molecule is CCC1=NN(c2ccc(F)cc2)C(=O)C1C/C(=C/c1ccc(C(=O)OC)cc1)C(=O)O. The lowest BCUT2D eigenvalue weighted by atomic mass is 9.92. The third-order valence-electron chi connectivity index (χ3n) is 4.94. The van der Waals surface area contributed by atoms with Crippen LogP contribution in [0, 0.1) is 11.7 Å². The number of carbonyl (C=O) groups is 3. The van der Waals surface area contributed by atoms with Gasteiger partial charge in [0.15, 0.2) is 0 Å². The Bertz CT molecular complexity index is 1060. The Morgan fingerprint density at radius 3 is 2.35 bits per heavy atom. The number of carboxylic acid groups (broad SMARTS) is 1. The monoisotopic (exact) mass is 424 g/mol. The lowest BCUT2D eigenvalue weighted by Gasteiger charge is -2.15. The molecular formula is C23H21FN2O5. The van der Waals surface area contributed by atoms with E-state index in [1.807, 2.05) is 6.92 Å². The maximum absolute atomic E-state index is 13.2. The van der Waals surface area contributed by atoms with E-state index in [1.165, 1.54) is 54.6 Å². The van der Waals surface area contributed by atoms with Gasteiger partial charge < -0.3 is 9.84 Å². The van der Waals surface area contributed by atoms with E-state index < -0.39 is 23.7 Å². The minimum Gasteiger partial charge on any atom is -0.478 e. The number of hydrogen-bond acceptors (Lipinski definition) is 5. The third kappa shape index (κ3) is 4.85. The second-order valence-electron chi connectivity index (χ2n) is 6.92. The molecule has 0 bridgehead atoms. The zero-order chi connectivity index (χ0) is 22.5. The number of aliphatic carboxylic acids is 1. The Labute approximate surface area is 178 Å². The van der Waals surface area contributed by atoms with Crippen LogP contribution in [-0.2, 0) is 14.3 Å². The fourth-order valence-corrected chi connectivity index (χ4v) is 3.29. The summed E-state index contributed by atoms with van der Waals surface area (Å²) in [6, 6.07) is 11.6. The van der Waals surface area contributed by atoms with Crippen LogP contribution in [-0.4, -0.2) is 35.8 Å². The van der Waals surface area contributed by atoms with Gasteiger partial charge in [-0.25, -0.2) is 19.0 Å². The molecule has 1 unspecified atom stereocenters. The van der Waals surface area contributed by atoms with E-state index in [4.69, 9.17) is 0 Å². The van der Waals surface area contributed by atoms with E-state index in [1.54, 1.807) is 12.1 Å². The van der Waals surface area contributed by atoms with Gasteiger partial charge >= 0.3 is 11.9 Å². The number of methoxy groups -OCH3 is 1. The summed E-state index contributed by atoms with van der Waals surface area (Å²) in [7, 11) is 1.28. The van der Waals surface area contributed by atoms with E-state index in [0.717, 1.165) is 0 Å². The molecule has 1 heterocycles. The summed E-state index contributed by atoms with van der Waals surface area (Å²) in [5.41, 5.74) is 1.92. The van der Waals surface area contributed by atoms with Crippen LogP contribution < -0.4 is 5.01 Å². The molecule has 0 aromatic heterocycles. The minimum absolute atomic E-state index is 0.0336. The predicted octanol–water partition coefficient (Wildman–Crippen LogP) is 3.90. The van der Waals surface area contributed by atoms with Gasteiger partial charge in [-0.2, -0.15) is 5.10 Å². The molecule has 0 saturated heterocycles. The van der Waals surface area contributed by atoms with Gasteiger partial charge in [-0.3, -0.25) is 4.79 Å². The smallest absolute Gasteiger partial charge is 0.337 e. The number of halogens is 1. The minimum atomic E-state index is -1.15. The molecule has 31 heavy (non-hydrogen) atoms. The number of hydrogen-bond donors (Lipinski definition) is 1. The van der Waals surface area contributed by atoms with Crippen molar-refractivity contribution in [3.05, 3.63) is 71.0 Å². The van der Waals surface area contributed by atoms with Crippen molar-refractivity contribution in [2.24, 2.45) is 11.0 Å². The maximum atomic E-state index is 13.2. The van der Waals surface area contributed by atoms with Crippen LogP contribution in [0.4, 0.5) is 10.1 Å². The van der Waals surface area contributed by atoms with Crippen molar-refractivity contribution >= 4 is 35.3 Å². The predicted molar refractivity (Wildman–Crippen MR) is 113 cm³/mol. The lowest BCUT2D eigenvalue weighted by Crippen LogP contribution is -2.28. The van der Waals surface area contributed by atoms with Gasteiger partial charge in [-0.15, -0.1) is 0 Å². The van der Waals surface area contributed by atoms with Gasteiger partial charge in [0.05, 0.1) is 30.0 Å². The molecule has 1 aliphatic heterocycles. The Morgan fingerprint density at radius 1 is 1.16 bits per heavy atom. The molecule has 0 saturated carbocycles. The molecule has 3 rings (SSSR count). The Balaban J connectivity index is 1.85. The van der Waals surface area contributed by atoms with Crippen molar-refractivity contribution < 1.29 is 28.6 Å². The zero-order valence-corrected chi connectivity index (χ0v) is 17.0.